The van der Waals surface area contributed by atoms with Crippen LogP contribution in [0.25, 0.3) is 0 Å². The fourth-order valence-electron chi connectivity index (χ4n) is 1.66. The van der Waals surface area contributed by atoms with Crippen LogP contribution in [0.2, 0.25) is 0 Å². The van der Waals surface area contributed by atoms with Crippen LogP contribution in [-0.2, 0) is 17.8 Å². The summed E-state index contributed by atoms with van der Waals surface area (Å²) in [6.07, 6.45) is 0.994. The van der Waals surface area contributed by atoms with E-state index in [-0.39, 0.29) is 10.7 Å². The highest BCUT2D eigenvalue weighted by Crippen LogP contribution is 2.13. The Morgan fingerprint density at radius 3 is 2.41 bits per heavy atom. The number of hydrogen-bond acceptors (Lipinski definition) is 1. The highest BCUT2D eigenvalue weighted by molar-refractivity contribution is 9.10. The molecule has 2 nitrogen and oxygen atoms in total. The summed E-state index contributed by atoms with van der Waals surface area (Å²) in [7, 11) is 0. The predicted molar refractivity (Wildman–Crippen MR) is 75.2 cm³/mol. The molecule has 0 aliphatic carbocycles. The van der Waals surface area contributed by atoms with Gasteiger partial charge in [-0.15, -0.1) is 0 Å². The van der Waals surface area contributed by atoms with Gasteiger partial charge in [-0.05, 0) is 23.5 Å². The third kappa shape index (κ3) is 4.15. The normalized spacial score (nSPS) is 12.5. The zero-order valence-electron chi connectivity index (χ0n) is 10.7. The molecular formula is C14H20BrNO. The van der Waals surface area contributed by atoms with Crippen molar-refractivity contribution in [2.24, 2.45) is 5.92 Å². The molecule has 0 heterocycles. The second-order valence-electron chi connectivity index (χ2n) is 4.49. The van der Waals surface area contributed by atoms with Crippen molar-refractivity contribution in [1.82, 2.24) is 5.32 Å². The lowest BCUT2D eigenvalue weighted by molar-refractivity contribution is -0.121. The molecule has 0 aliphatic heterocycles. The first-order valence-electron chi connectivity index (χ1n) is 6.04. The molecule has 3 heteroatoms. The molecule has 0 saturated carbocycles. The maximum absolute atomic E-state index is 11.8. The van der Waals surface area contributed by atoms with Crippen molar-refractivity contribution >= 4 is 21.8 Å². The van der Waals surface area contributed by atoms with E-state index in [0.29, 0.717) is 12.5 Å². The Kier molecular flexibility index (Phi) is 5.69. The van der Waals surface area contributed by atoms with Gasteiger partial charge in [-0.3, -0.25) is 4.79 Å². The SMILES string of the molecule is CCc1ccccc1CNC(=O)C(Br)C(C)C. The van der Waals surface area contributed by atoms with Crippen LogP contribution < -0.4 is 5.32 Å². The van der Waals surface area contributed by atoms with E-state index in [1.807, 2.05) is 26.0 Å². The molecule has 94 valence electrons. The van der Waals surface area contributed by atoms with E-state index in [2.05, 4.69) is 40.3 Å². The summed E-state index contributed by atoms with van der Waals surface area (Å²) < 4.78 is 0. The molecule has 0 spiro atoms. The summed E-state index contributed by atoms with van der Waals surface area (Å²) in [6.45, 7) is 6.79. The second kappa shape index (κ2) is 6.80. The van der Waals surface area contributed by atoms with E-state index in [1.165, 1.54) is 11.1 Å². The van der Waals surface area contributed by atoms with Crippen LogP contribution in [0.5, 0.6) is 0 Å². The van der Waals surface area contributed by atoms with Crippen molar-refractivity contribution in [2.75, 3.05) is 0 Å². The zero-order chi connectivity index (χ0) is 12.8. The minimum absolute atomic E-state index is 0.0610. The van der Waals surface area contributed by atoms with Crippen LogP contribution in [0.15, 0.2) is 24.3 Å². The van der Waals surface area contributed by atoms with Gasteiger partial charge in [-0.1, -0.05) is 61.0 Å². The average Bonchev–Trinajstić information content (AvgIpc) is 2.35. The molecule has 0 fully saturated rings. The Bertz CT molecular complexity index is 376. The fraction of sp³-hybridized carbons (Fsp3) is 0.500. The summed E-state index contributed by atoms with van der Waals surface area (Å²) in [6, 6.07) is 8.22. The van der Waals surface area contributed by atoms with Gasteiger partial charge in [0, 0.05) is 6.54 Å². The maximum Gasteiger partial charge on any atom is 0.234 e. The Balaban J connectivity index is 2.58. The van der Waals surface area contributed by atoms with E-state index < -0.39 is 0 Å². The molecule has 1 N–H and O–H groups in total. The smallest absolute Gasteiger partial charge is 0.234 e. The number of rotatable bonds is 5. The van der Waals surface area contributed by atoms with Crippen LogP contribution in [0, 0.1) is 5.92 Å². The monoisotopic (exact) mass is 297 g/mol. The van der Waals surface area contributed by atoms with Crippen molar-refractivity contribution < 1.29 is 4.79 Å². The quantitative estimate of drug-likeness (QED) is 0.830. The van der Waals surface area contributed by atoms with Crippen molar-refractivity contribution in [3.8, 4) is 0 Å². The molecule has 1 aromatic carbocycles. The zero-order valence-corrected chi connectivity index (χ0v) is 12.3. The molecule has 0 aliphatic rings. The number of amides is 1. The van der Waals surface area contributed by atoms with Crippen LogP contribution >= 0.6 is 15.9 Å². The van der Waals surface area contributed by atoms with E-state index >= 15 is 0 Å². The third-order valence-electron chi connectivity index (χ3n) is 2.79. The Hall–Kier alpha value is -0.830. The highest BCUT2D eigenvalue weighted by atomic mass is 79.9. The van der Waals surface area contributed by atoms with Crippen LogP contribution in [0.1, 0.15) is 31.9 Å². The minimum atomic E-state index is -0.115. The molecule has 1 aromatic rings. The van der Waals surface area contributed by atoms with Gasteiger partial charge in [0.05, 0.1) is 4.83 Å². The van der Waals surface area contributed by atoms with Crippen LogP contribution in [0.3, 0.4) is 0 Å². The minimum Gasteiger partial charge on any atom is -0.351 e. The van der Waals surface area contributed by atoms with E-state index in [4.69, 9.17) is 0 Å². The standard InChI is InChI=1S/C14H20BrNO/c1-4-11-7-5-6-8-12(11)9-16-14(17)13(15)10(2)3/h5-8,10,13H,4,9H2,1-3H3,(H,16,17). The van der Waals surface area contributed by atoms with Gasteiger partial charge in [0.25, 0.3) is 0 Å². The van der Waals surface area contributed by atoms with Crippen molar-refractivity contribution in [1.29, 1.82) is 0 Å². The van der Waals surface area contributed by atoms with E-state index in [9.17, 15) is 4.79 Å². The first kappa shape index (κ1) is 14.2. The van der Waals surface area contributed by atoms with Crippen molar-refractivity contribution in [3.63, 3.8) is 0 Å². The maximum atomic E-state index is 11.8. The summed E-state index contributed by atoms with van der Waals surface area (Å²) in [4.78, 5) is 11.7. The number of benzene rings is 1. The van der Waals surface area contributed by atoms with E-state index in [1.54, 1.807) is 0 Å². The lowest BCUT2D eigenvalue weighted by Gasteiger charge is -2.15. The number of halogens is 1. The number of nitrogens with one attached hydrogen (secondary N) is 1. The predicted octanol–water partition coefficient (Wildman–Crippen LogP) is 3.28. The van der Waals surface area contributed by atoms with Gasteiger partial charge >= 0.3 is 0 Å². The third-order valence-corrected chi connectivity index (χ3v) is 4.26. The second-order valence-corrected chi connectivity index (χ2v) is 5.47. The summed E-state index contributed by atoms with van der Waals surface area (Å²) in [5, 5.41) is 2.97. The first-order chi connectivity index (χ1) is 8.06. The molecule has 0 bridgehead atoms. The molecule has 1 unspecified atom stereocenters. The molecule has 0 radical (unpaired) electrons. The highest BCUT2D eigenvalue weighted by Gasteiger charge is 2.18. The largest absolute Gasteiger partial charge is 0.351 e. The molecule has 1 atom stereocenters. The molecule has 1 amide bonds. The summed E-state index contributed by atoms with van der Waals surface area (Å²) >= 11 is 3.40. The Morgan fingerprint density at radius 1 is 1.29 bits per heavy atom. The molecule has 1 rings (SSSR count). The Labute approximate surface area is 112 Å². The Morgan fingerprint density at radius 2 is 1.88 bits per heavy atom. The van der Waals surface area contributed by atoms with Gasteiger partial charge in [0.15, 0.2) is 0 Å². The fourth-order valence-corrected chi connectivity index (χ4v) is 1.82. The van der Waals surface area contributed by atoms with Gasteiger partial charge in [-0.2, -0.15) is 0 Å². The van der Waals surface area contributed by atoms with Crippen LogP contribution in [0.4, 0.5) is 0 Å². The molecular weight excluding hydrogens is 278 g/mol. The van der Waals surface area contributed by atoms with Gasteiger partial charge in [0.1, 0.15) is 0 Å². The molecule has 0 saturated heterocycles. The first-order valence-corrected chi connectivity index (χ1v) is 6.96. The number of aryl methyl sites for hydroxylation is 1. The number of hydrogen-bond donors (Lipinski definition) is 1. The number of carbonyl (C=O) groups is 1. The average molecular weight is 298 g/mol. The lowest BCUT2D eigenvalue weighted by atomic mass is 10.1. The van der Waals surface area contributed by atoms with Gasteiger partial charge < -0.3 is 5.32 Å². The summed E-state index contributed by atoms with van der Waals surface area (Å²) in [5.41, 5.74) is 2.50. The molecule has 0 aromatic heterocycles. The number of carbonyl (C=O) groups excluding carboxylic acids is 1. The van der Waals surface area contributed by atoms with Crippen molar-refractivity contribution in [3.05, 3.63) is 35.4 Å². The van der Waals surface area contributed by atoms with Crippen molar-refractivity contribution in [2.45, 2.75) is 38.6 Å². The lowest BCUT2D eigenvalue weighted by Crippen LogP contribution is -2.33. The number of alkyl halides is 1. The van der Waals surface area contributed by atoms with Gasteiger partial charge in [-0.25, -0.2) is 0 Å². The van der Waals surface area contributed by atoms with E-state index in [0.717, 1.165) is 6.42 Å². The molecule has 17 heavy (non-hydrogen) atoms. The summed E-state index contributed by atoms with van der Waals surface area (Å²) in [5.74, 6) is 0.363. The van der Waals surface area contributed by atoms with Crippen LogP contribution in [-0.4, -0.2) is 10.7 Å². The topological polar surface area (TPSA) is 29.1 Å². The van der Waals surface area contributed by atoms with Gasteiger partial charge in [0.2, 0.25) is 5.91 Å².